The molecule has 0 amide bonds. The second-order valence-corrected chi connectivity index (χ2v) is 15.5. The molecule has 1 aliphatic rings. The Hall–Kier alpha value is -6.18. The third-order valence-electron chi connectivity index (χ3n) is 11.7. The van der Waals surface area contributed by atoms with Gasteiger partial charge in [-0.15, -0.1) is 0 Å². The normalized spacial score (nSPS) is 18.3. The summed E-state index contributed by atoms with van der Waals surface area (Å²) in [7, 11) is 0. The monoisotopic (exact) mass is 714 g/mol. The Morgan fingerprint density at radius 1 is 0.491 bits per heavy atom. The molecular formula is C51H46N4. The van der Waals surface area contributed by atoms with Crippen LogP contribution in [0.2, 0.25) is 0 Å². The molecule has 3 atom stereocenters. The predicted octanol–water partition coefficient (Wildman–Crippen LogP) is 13.2. The highest BCUT2D eigenvalue weighted by molar-refractivity contribution is 5.82. The Morgan fingerprint density at radius 2 is 0.909 bits per heavy atom. The highest BCUT2D eigenvalue weighted by Crippen LogP contribution is 2.45. The van der Waals surface area contributed by atoms with Gasteiger partial charge in [-0.05, 0) is 87.6 Å². The van der Waals surface area contributed by atoms with Gasteiger partial charge in [-0.25, -0.2) is 15.0 Å². The molecule has 4 heteroatoms. The van der Waals surface area contributed by atoms with E-state index in [2.05, 4.69) is 106 Å². The second kappa shape index (κ2) is 15.7. The molecule has 0 N–H and O–H groups in total. The molecule has 1 aliphatic carbocycles. The van der Waals surface area contributed by atoms with Crippen LogP contribution in [0.1, 0.15) is 64.0 Å². The van der Waals surface area contributed by atoms with E-state index in [4.69, 9.17) is 15.0 Å². The van der Waals surface area contributed by atoms with Gasteiger partial charge in [0, 0.05) is 16.7 Å². The highest BCUT2D eigenvalue weighted by Gasteiger charge is 2.36. The third kappa shape index (κ3) is 7.62. The summed E-state index contributed by atoms with van der Waals surface area (Å²) in [6.45, 7) is 7.27. The van der Waals surface area contributed by atoms with Crippen molar-refractivity contribution in [3.8, 4) is 73.6 Å². The largest absolute Gasteiger partial charge is 0.208 e. The van der Waals surface area contributed by atoms with E-state index in [1.54, 1.807) is 0 Å². The first-order valence-electron chi connectivity index (χ1n) is 19.6. The highest BCUT2D eigenvalue weighted by atomic mass is 15.0. The van der Waals surface area contributed by atoms with Crippen LogP contribution in [-0.2, 0) is 5.41 Å². The zero-order valence-corrected chi connectivity index (χ0v) is 31.9. The lowest BCUT2D eigenvalue weighted by Gasteiger charge is -2.35. The standard InChI is InChI=1S/C51H46N4/c1-4-51(32-35(2)14-15-36(3)33-51)45-30-28-41(29-31-45)39-22-20-38(21-23-39)40-24-26-44(27-25-40)49-53-48(43-10-6-5-7-11-43)54-50(55-49)47-13-9-8-12-46(47)42-18-16-37(34-52)17-19-42/h5-13,16-31,35-36H,4,14-15,32-33H2,1-3H3/t35-,36+,51?. The summed E-state index contributed by atoms with van der Waals surface area (Å²) in [5.41, 5.74) is 11.9. The van der Waals surface area contributed by atoms with Crippen molar-refractivity contribution in [2.24, 2.45) is 11.8 Å². The lowest BCUT2D eigenvalue weighted by atomic mass is 9.69. The van der Waals surface area contributed by atoms with E-state index >= 15 is 0 Å². The lowest BCUT2D eigenvalue weighted by molar-refractivity contribution is 0.295. The van der Waals surface area contributed by atoms with Gasteiger partial charge in [-0.3, -0.25) is 0 Å². The van der Waals surface area contributed by atoms with Gasteiger partial charge in [0.1, 0.15) is 0 Å². The van der Waals surface area contributed by atoms with E-state index in [0.29, 0.717) is 23.0 Å². The zero-order valence-electron chi connectivity index (χ0n) is 31.9. The number of nitriles is 1. The van der Waals surface area contributed by atoms with E-state index in [0.717, 1.165) is 50.8 Å². The molecule has 6 aromatic carbocycles. The summed E-state index contributed by atoms with van der Waals surface area (Å²) in [5, 5.41) is 9.34. The van der Waals surface area contributed by atoms with Gasteiger partial charge >= 0.3 is 0 Å². The van der Waals surface area contributed by atoms with Crippen LogP contribution in [-0.4, -0.2) is 15.0 Å². The molecule has 0 spiro atoms. The summed E-state index contributed by atoms with van der Waals surface area (Å²) in [6.07, 6.45) is 6.47. The quantitative estimate of drug-likeness (QED) is 0.147. The maximum atomic E-state index is 9.34. The molecule has 0 saturated heterocycles. The topological polar surface area (TPSA) is 62.5 Å². The number of benzene rings is 6. The number of aromatic nitrogens is 3. The minimum atomic E-state index is 0.284. The Balaban J connectivity index is 1.07. The van der Waals surface area contributed by atoms with Crippen LogP contribution in [0.5, 0.6) is 0 Å². The van der Waals surface area contributed by atoms with Gasteiger partial charge in [0.25, 0.3) is 0 Å². The molecule has 55 heavy (non-hydrogen) atoms. The van der Waals surface area contributed by atoms with Crippen LogP contribution in [0.15, 0.2) is 152 Å². The first kappa shape index (κ1) is 35.8. The Labute approximate surface area is 325 Å². The number of hydrogen-bond acceptors (Lipinski definition) is 4. The average Bonchev–Trinajstić information content (AvgIpc) is 3.41. The van der Waals surface area contributed by atoms with Crippen molar-refractivity contribution in [2.75, 3.05) is 0 Å². The maximum absolute atomic E-state index is 9.34. The maximum Gasteiger partial charge on any atom is 0.164 e. The van der Waals surface area contributed by atoms with Crippen LogP contribution < -0.4 is 0 Å². The van der Waals surface area contributed by atoms with E-state index < -0.39 is 0 Å². The van der Waals surface area contributed by atoms with Gasteiger partial charge in [-0.2, -0.15) is 5.26 Å². The van der Waals surface area contributed by atoms with Crippen LogP contribution in [0.4, 0.5) is 0 Å². The van der Waals surface area contributed by atoms with Gasteiger partial charge in [-0.1, -0.05) is 173 Å². The zero-order chi connectivity index (χ0) is 37.8. The first-order valence-corrected chi connectivity index (χ1v) is 19.6. The molecule has 1 aromatic heterocycles. The van der Waals surface area contributed by atoms with Gasteiger partial charge in [0.2, 0.25) is 0 Å². The fourth-order valence-corrected chi connectivity index (χ4v) is 8.60. The van der Waals surface area contributed by atoms with E-state index in [9.17, 15) is 5.26 Å². The molecule has 0 radical (unpaired) electrons. The minimum Gasteiger partial charge on any atom is -0.208 e. The Bertz CT molecular complexity index is 2410. The fraction of sp³-hybridized carbons (Fsp3) is 0.216. The number of hydrogen-bond donors (Lipinski definition) is 0. The first-order chi connectivity index (χ1) is 26.9. The van der Waals surface area contributed by atoms with Crippen molar-refractivity contribution in [2.45, 2.75) is 58.3 Å². The van der Waals surface area contributed by atoms with Crippen LogP contribution >= 0.6 is 0 Å². The third-order valence-corrected chi connectivity index (χ3v) is 11.7. The molecule has 1 unspecified atom stereocenters. The predicted molar refractivity (Wildman–Crippen MR) is 226 cm³/mol. The van der Waals surface area contributed by atoms with E-state index in [1.807, 2.05) is 72.8 Å². The van der Waals surface area contributed by atoms with Crippen molar-refractivity contribution < 1.29 is 0 Å². The molecule has 1 heterocycles. The van der Waals surface area contributed by atoms with Crippen molar-refractivity contribution in [1.82, 2.24) is 15.0 Å². The molecule has 7 aromatic rings. The Kier molecular flexibility index (Phi) is 10.2. The SMILES string of the molecule is CCC1(c2ccc(-c3ccc(-c4ccc(-c5nc(-c6ccccc6)nc(-c6ccccc6-c6ccc(C#N)cc6)n5)cc4)cc3)cc2)C[C@H](C)CC[C@H](C)C1. The van der Waals surface area contributed by atoms with Gasteiger partial charge in [0.15, 0.2) is 17.5 Å². The molecular weight excluding hydrogens is 669 g/mol. The molecule has 4 nitrogen and oxygen atoms in total. The van der Waals surface area contributed by atoms with Crippen LogP contribution in [0, 0.1) is 23.2 Å². The summed E-state index contributed by atoms with van der Waals surface area (Å²) >= 11 is 0. The summed E-state index contributed by atoms with van der Waals surface area (Å²) in [4.78, 5) is 15.0. The van der Waals surface area contributed by atoms with Crippen molar-refractivity contribution in [1.29, 1.82) is 5.26 Å². The van der Waals surface area contributed by atoms with Crippen LogP contribution in [0.25, 0.3) is 67.5 Å². The summed E-state index contributed by atoms with van der Waals surface area (Å²) in [6, 6.07) is 54.9. The van der Waals surface area contributed by atoms with E-state index in [1.165, 1.54) is 48.8 Å². The van der Waals surface area contributed by atoms with Gasteiger partial charge in [0.05, 0.1) is 11.6 Å². The summed E-state index contributed by atoms with van der Waals surface area (Å²) in [5.74, 6) is 3.37. The van der Waals surface area contributed by atoms with Crippen molar-refractivity contribution >= 4 is 0 Å². The molecule has 1 fully saturated rings. The lowest BCUT2D eigenvalue weighted by Crippen LogP contribution is -2.28. The van der Waals surface area contributed by atoms with Gasteiger partial charge < -0.3 is 0 Å². The molecule has 1 saturated carbocycles. The molecule has 270 valence electrons. The number of rotatable bonds is 8. The molecule has 0 bridgehead atoms. The molecule has 8 rings (SSSR count). The fourth-order valence-electron chi connectivity index (χ4n) is 8.60. The van der Waals surface area contributed by atoms with Crippen LogP contribution in [0.3, 0.4) is 0 Å². The minimum absolute atomic E-state index is 0.284. The summed E-state index contributed by atoms with van der Waals surface area (Å²) < 4.78 is 0. The Morgan fingerprint density at radius 3 is 1.42 bits per heavy atom. The average molecular weight is 715 g/mol. The number of nitrogens with zero attached hydrogens (tertiary/aromatic N) is 4. The second-order valence-electron chi connectivity index (χ2n) is 15.5. The molecule has 0 aliphatic heterocycles. The van der Waals surface area contributed by atoms with Crippen molar-refractivity contribution in [3.05, 3.63) is 163 Å². The smallest absolute Gasteiger partial charge is 0.164 e. The van der Waals surface area contributed by atoms with E-state index in [-0.39, 0.29) is 5.41 Å². The van der Waals surface area contributed by atoms with Crippen molar-refractivity contribution in [3.63, 3.8) is 0 Å².